The smallest absolute Gasteiger partial charge is 0.417 e. The van der Waals surface area contributed by atoms with Crippen LogP contribution in [0.3, 0.4) is 0 Å². The molecular weight excluding hydrogens is 369 g/mol. The molecule has 9 nitrogen and oxygen atoms in total. The Morgan fingerprint density at radius 2 is 2.11 bits per heavy atom. The van der Waals surface area contributed by atoms with Crippen molar-refractivity contribution in [2.75, 3.05) is 42.7 Å². The van der Waals surface area contributed by atoms with E-state index >= 15 is 0 Å². The number of anilines is 2. The highest BCUT2D eigenvalue weighted by atomic mass is 19.1. The third kappa shape index (κ3) is 4.38. The Morgan fingerprint density at radius 3 is 2.68 bits per heavy atom. The summed E-state index contributed by atoms with van der Waals surface area (Å²) in [4.78, 5) is 27.1. The van der Waals surface area contributed by atoms with Crippen LogP contribution in [0.15, 0.2) is 28.5 Å². The lowest BCUT2D eigenvalue weighted by Crippen LogP contribution is -2.53. The van der Waals surface area contributed by atoms with E-state index in [4.69, 9.17) is 9.84 Å². The van der Waals surface area contributed by atoms with Gasteiger partial charge in [-0.2, -0.15) is 5.11 Å². The van der Waals surface area contributed by atoms with E-state index in [0.717, 1.165) is 4.90 Å². The van der Waals surface area contributed by atoms with E-state index in [1.54, 1.807) is 37.8 Å². The van der Waals surface area contributed by atoms with Gasteiger partial charge in [0.25, 0.3) is 5.91 Å². The maximum absolute atomic E-state index is 14.7. The molecule has 1 atom stereocenters. The van der Waals surface area contributed by atoms with E-state index < -0.39 is 23.4 Å². The molecule has 1 aromatic carbocycles. The first kappa shape index (κ1) is 20.0. The van der Waals surface area contributed by atoms with Crippen LogP contribution < -0.4 is 9.91 Å². The summed E-state index contributed by atoms with van der Waals surface area (Å²) >= 11 is 0. The molecule has 1 unspecified atom stereocenters. The molecule has 0 saturated carbocycles. The van der Waals surface area contributed by atoms with Gasteiger partial charge in [0.1, 0.15) is 17.5 Å². The molecule has 2 heterocycles. The van der Waals surface area contributed by atoms with Crippen molar-refractivity contribution >= 4 is 23.4 Å². The summed E-state index contributed by atoms with van der Waals surface area (Å²) < 4.78 is 19.9. The first-order chi connectivity index (χ1) is 13.2. The van der Waals surface area contributed by atoms with Crippen molar-refractivity contribution in [2.24, 2.45) is 10.3 Å². The second-order valence-electron chi connectivity index (χ2n) is 7.71. The lowest BCUT2D eigenvalue weighted by molar-refractivity contribution is -0.130. The van der Waals surface area contributed by atoms with Gasteiger partial charge >= 0.3 is 6.09 Å². The van der Waals surface area contributed by atoms with Crippen molar-refractivity contribution in [2.45, 2.75) is 32.4 Å². The minimum absolute atomic E-state index is 0.119. The number of benzene rings is 1. The number of hydrogen-bond acceptors (Lipinski definition) is 8. The van der Waals surface area contributed by atoms with Gasteiger partial charge in [0.15, 0.2) is 0 Å². The van der Waals surface area contributed by atoms with Gasteiger partial charge in [0.2, 0.25) is 0 Å². The van der Waals surface area contributed by atoms with Gasteiger partial charge < -0.3 is 14.7 Å². The number of carbonyl (C=O) groups excluding carboxylic acids is 2. The molecule has 152 valence electrons. The fourth-order valence-corrected chi connectivity index (χ4v) is 2.96. The molecule has 1 aromatic rings. The van der Waals surface area contributed by atoms with Gasteiger partial charge in [-0.1, -0.05) is 5.22 Å². The summed E-state index contributed by atoms with van der Waals surface area (Å²) in [6.45, 7) is 5.74. The predicted octanol–water partition coefficient (Wildman–Crippen LogP) is 1.96. The molecule has 3 rings (SSSR count). The average molecular weight is 393 g/mol. The van der Waals surface area contributed by atoms with Crippen molar-refractivity contribution in [3.63, 3.8) is 0 Å². The summed E-state index contributed by atoms with van der Waals surface area (Å²) in [6.07, 6.45) is -0.689. The highest BCUT2D eigenvalue weighted by Crippen LogP contribution is 2.28. The topological polar surface area (TPSA) is 98.0 Å². The van der Waals surface area contributed by atoms with E-state index in [1.807, 2.05) is 0 Å². The van der Waals surface area contributed by atoms with Crippen molar-refractivity contribution in [1.29, 1.82) is 0 Å². The van der Waals surface area contributed by atoms with Crippen LogP contribution in [-0.4, -0.2) is 66.4 Å². The molecule has 0 radical (unpaired) electrons. The summed E-state index contributed by atoms with van der Waals surface area (Å²) in [5.74, 6) is -0.943. The van der Waals surface area contributed by atoms with E-state index in [1.165, 1.54) is 11.1 Å². The molecule has 2 aliphatic heterocycles. The van der Waals surface area contributed by atoms with E-state index in [0.29, 0.717) is 18.8 Å². The van der Waals surface area contributed by atoms with Gasteiger partial charge in [0, 0.05) is 19.2 Å². The van der Waals surface area contributed by atoms with Crippen molar-refractivity contribution < 1.29 is 23.8 Å². The number of amides is 2. The minimum Gasteiger partial charge on any atom is -0.443 e. The van der Waals surface area contributed by atoms with Gasteiger partial charge in [-0.3, -0.25) is 4.79 Å². The summed E-state index contributed by atoms with van der Waals surface area (Å²) in [5, 5.41) is 18.4. The highest BCUT2D eigenvalue weighted by Gasteiger charge is 2.33. The summed E-state index contributed by atoms with van der Waals surface area (Å²) in [5.41, 5.74) is 0.0914. The maximum atomic E-state index is 14.7. The second-order valence-corrected chi connectivity index (χ2v) is 7.71. The van der Waals surface area contributed by atoms with Crippen LogP contribution in [0.5, 0.6) is 0 Å². The second kappa shape index (κ2) is 7.70. The van der Waals surface area contributed by atoms with Crippen LogP contribution >= 0.6 is 0 Å². The Hall–Kier alpha value is -2.75. The fourth-order valence-electron chi connectivity index (χ4n) is 2.96. The molecule has 0 spiro atoms. The number of imide groups is 1. The van der Waals surface area contributed by atoms with E-state index in [2.05, 4.69) is 10.3 Å². The Morgan fingerprint density at radius 1 is 1.36 bits per heavy atom. The lowest BCUT2D eigenvalue weighted by atomic mass is 10.2. The van der Waals surface area contributed by atoms with Gasteiger partial charge in [-0.15, -0.1) is 0 Å². The highest BCUT2D eigenvalue weighted by molar-refractivity contribution is 5.95. The molecule has 0 aliphatic carbocycles. The van der Waals surface area contributed by atoms with E-state index in [-0.39, 0.29) is 31.4 Å². The zero-order valence-electron chi connectivity index (χ0n) is 16.1. The van der Waals surface area contributed by atoms with E-state index in [9.17, 15) is 14.0 Å². The van der Waals surface area contributed by atoms with Crippen molar-refractivity contribution in [3.05, 3.63) is 24.0 Å². The quantitative estimate of drug-likeness (QED) is 0.843. The number of aliphatic hydroxyl groups is 1. The zero-order valence-corrected chi connectivity index (χ0v) is 16.1. The molecule has 0 bridgehead atoms. The third-order valence-corrected chi connectivity index (χ3v) is 4.32. The van der Waals surface area contributed by atoms with Gasteiger partial charge in [-0.25, -0.2) is 19.1 Å². The Kier molecular flexibility index (Phi) is 5.50. The number of piperazine rings is 1. The molecule has 0 aromatic heterocycles. The molecule has 2 aliphatic rings. The van der Waals surface area contributed by atoms with Gasteiger partial charge in [0.05, 0.1) is 31.1 Å². The summed E-state index contributed by atoms with van der Waals surface area (Å²) in [6, 6.07) is 4.25. The maximum Gasteiger partial charge on any atom is 0.417 e. The number of nitrogens with zero attached hydrogens (tertiary/aromatic N) is 5. The van der Waals surface area contributed by atoms with Crippen LogP contribution in [0.4, 0.5) is 20.6 Å². The third-order valence-electron chi connectivity index (χ3n) is 4.32. The number of aliphatic hydroxyl groups excluding tert-OH is 1. The van der Waals surface area contributed by atoms with Crippen molar-refractivity contribution in [3.8, 4) is 0 Å². The molecule has 1 fully saturated rings. The number of halogens is 1. The first-order valence-electron chi connectivity index (χ1n) is 9.05. The van der Waals surface area contributed by atoms with Gasteiger partial charge in [-0.05, 0) is 32.9 Å². The Balaban J connectivity index is 1.66. The average Bonchev–Trinajstić information content (AvgIpc) is 3.09. The van der Waals surface area contributed by atoms with Crippen molar-refractivity contribution in [1.82, 2.24) is 4.90 Å². The largest absolute Gasteiger partial charge is 0.443 e. The molecular formula is C18H24FN5O4. The standard InChI is InChI=1S/C18H24FN5O4/c1-18(2,3)28-17(27)23-7-6-22(10-16(23)26)15-5-4-13(8-14(15)19)24-9-12(11-25)20-21-24/h4-5,8,12,25H,6-7,9-11H2,1-3H3. The summed E-state index contributed by atoms with van der Waals surface area (Å²) in [7, 11) is 0. The van der Waals surface area contributed by atoms with Crippen LogP contribution in [-0.2, 0) is 9.53 Å². The van der Waals surface area contributed by atoms with Crippen LogP contribution in [0.1, 0.15) is 20.8 Å². The fraction of sp³-hybridized carbons (Fsp3) is 0.556. The van der Waals surface area contributed by atoms with Crippen LogP contribution in [0.25, 0.3) is 0 Å². The number of carbonyl (C=O) groups is 2. The normalized spacial score (nSPS) is 20.1. The predicted molar refractivity (Wildman–Crippen MR) is 99.6 cm³/mol. The Bertz CT molecular complexity index is 795. The zero-order chi connectivity index (χ0) is 20.5. The lowest BCUT2D eigenvalue weighted by Gasteiger charge is -2.35. The SMILES string of the molecule is CC(C)(C)OC(=O)N1CCN(c2ccc(N3CC(CO)N=N3)cc2F)CC1=O. The molecule has 1 N–H and O–H groups in total. The van der Waals surface area contributed by atoms with Crippen LogP contribution in [0, 0.1) is 5.82 Å². The first-order valence-corrected chi connectivity index (χ1v) is 9.05. The Labute approximate surface area is 162 Å². The monoisotopic (exact) mass is 393 g/mol. The van der Waals surface area contributed by atoms with Crippen LogP contribution in [0.2, 0.25) is 0 Å². The minimum atomic E-state index is -0.696. The molecule has 28 heavy (non-hydrogen) atoms. The number of ether oxygens (including phenoxy) is 1. The molecule has 2 amide bonds. The number of rotatable bonds is 3. The number of hydrogen-bond donors (Lipinski definition) is 1. The molecule has 1 saturated heterocycles. The molecule has 10 heteroatoms.